The second kappa shape index (κ2) is 8.00. The molecule has 2 aromatic heterocycles. The zero-order valence-electron chi connectivity index (χ0n) is 15.8. The number of benzene rings is 2. The lowest BCUT2D eigenvalue weighted by molar-refractivity contribution is -0.701. The van der Waals surface area contributed by atoms with Crippen molar-refractivity contribution >= 4 is 22.3 Å². The van der Waals surface area contributed by atoms with Gasteiger partial charge in [0.1, 0.15) is 23.9 Å². The Morgan fingerprint density at radius 1 is 1.11 bits per heavy atom. The number of fused-ring (bicyclic) bond motifs is 1. The smallest absolute Gasteiger partial charge is 0.336 e. The number of methoxy groups -OCH3 is 1. The van der Waals surface area contributed by atoms with Crippen molar-refractivity contribution in [3.8, 4) is 5.75 Å². The van der Waals surface area contributed by atoms with Crippen molar-refractivity contribution < 1.29 is 14.5 Å². The van der Waals surface area contributed by atoms with Crippen LogP contribution in [-0.2, 0) is 6.54 Å². The molecule has 0 aliphatic carbocycles. The van der Waals surface area contributed by atoms with Crippen LogP contribution in [0.3, 0.4) is 0 Å². The average Bonchev–Trinajstić information content (AvgIpc) is 3.23. The first kappa shape index (κ1) is 18.5. The second-order valence-electron chi connectivity index (χ2n) is 6.80. The minimum Gasteiger partial charge on any atom is -0.497 e. The van der Waals surface area contributed by atoms with Crippen LogP contribution in [0.5, 0.6) is 5.75 Å². The maximum Gasteiger partial charge on any atom is 0.336 e. The topological polar surface area (TPSA) is 56.0 Å². The molecule has 0 saturated carbocycles. The molecule has 4 rings (SSSR count). The van der Waals surface area contributed by atoms with E-state index >= 15 is 0 Å². The number of rotatable bonds is 6. The number of quaternary nitrogens is 1. The molecule has 0 amide bonds. The summed E-state index contributed by atoms with van der Waals surface area (Å²) < 4.78 is 10.6. The maximum absolute atomic E-state index is 12.1. The largest absolute Gasteiger partial charge is 0.497 e. The lowest BCUT2D eigenvalue weighted by atomic mass is 10.0. The summed E-state index contributed by atoms with van der Waals surface area (Å²) in [5.41, 5.74) is 3.67. The molecule has 4 aromatic rings. The van der Waals surface area contributed by atoms with E-state index in [0.717, 1.165) is 10.9 Å². The van der Waals surface area contributed by atoms with Crippen LogP contribution >= 0.6 is 11.3 Å². The van der Waals surface area contributed by atoms with Crippen LogP contribution in [0.15, 0.2) is 75.3 Å². The van der Waals surface area contributed by atoms with Crippen LogP contribution in [0.2, 0.25) is 0 Å². The Balaban J connectivity index is 1.67. The summed E-state index contributed by atoms with van der Waals surface area (Å²) in [5, 5.41) is 5.31. The van der Waals surface area contributed by atoms with E-state index in [4.69, 9.17) is 9.15 Å². The van der Waals surface area contributed by atoms with Crippen molar-refractivity contribution in [1.82, 2.24) is 0 Å². The Morgan fingerprint density at radius 2 is 1.93 bits per heavy atom. The van der Waals surface area contributed by atoms with E-state index in [-0.39, 0.29) is 11.7 Å². The molecule has 1 atom stereocenters. The van der Waals surface area contributed by atoms with Gasteiger partial charge in [0.15, 0.2) is 0 Å². The predicted octanol–water partition coefficient (Wildman–Crippen LogP) is 4.02. The van der Waals surface area contributed by atoms with E-state index in [1.54, 1.807) is 30.6 Å². The van der Waals surface area contributed by atoms with Crippen molar-refractivity contribution in [2.75, 3.05) is 7.11 Å². The second-order valence-corrected chi connectivity index (χ2v) is 7.78. The molecule has 0 aliphatic heterocycles. The van der Waals surface area contributed by atoms with Gasteiger partial charge in [-0.1, -0.05) is 35.9 Å². The molecule has 2 heterocycles. The Hall–Kier alpha value is -2.89. The Labute approximate surface area is 167 Å². The van der Waals surface area contributed by atoms with E-state index in [9.17, 15) is 4.79 Å². The normalized spacial score (nSPS) is 12.2. The zero-order chi connectivity index (χ0) is 19.5. The van der Waals surface area contributed by atoms with Crippen LogP contribution < -0.4 is 15.7 Å². The van der Waals surface area contributed by atoms with Gasteiger partial charge in [0.2, 0.25) is 0 Å². The molecule has 0 unspecified atom stereocenters. The van der Waals surface area contributed by atoms with Gasteiger partial charge in [0.05, 0.1) is 12.0 Å². The molecule has 2 aromatic carbocycles. The lowest BCUT2D eigenvalue weighted by Gasteiger charge is -2.16. The highest BCUT2D eigenvalue weighted by atomic mass is 32.1. The predicted molar refractivity (Wildman–Crippen MR) is 112 cm³/mol. The molecule has 142 valence electrons. The van der Waals surface area contributed by atoms with Crippen LogP contribution in [-0.4, -0.2) is 7.11 Å². The first-order valence-electron chi connectivity index (χ1n) is 9.18. The van der Waals surface area contributed by atoms with Gasteiger partial charge in [0, 0.05) is 28.6 Å². The highest BCUT2D eigenvalue weighted by Crippen LogP contribution is 2.25. The number of hydrogen-bond donors (Lipinski definition) is 1. The van der Waals surface area contributed by atoms with E-state index < -0.39 is 0 Å². The first-order valence-corrected chi connectivity index (χ1v) is 10.1. The minimum atomic E-state index is -0.341. The summed E-state index contributed by atoms with van der Waals surface area (Å²) in [5.74, 6) is 0.674. The van der Waals surface area contributed by atoms with E-state index in [1.165, 1.54) is 16.0 Å². The fourth-order valence-corrected chi connectivity index (χ4v) is 4.26. The van der Waals surface area contributed by atoms with Gasteiger partial charge in [-0.05, 0) is 30.5 Å². The summed E-state index contributed by atoms with van der Waals surface area (Å²) in [6.07, 6.45) is 0. The molecule has 4 nitrogen and oxygen atoms in total. The van der Waals surface area contributed by atoms with Crippen LogP contribution in [0.25, 0.3) is 11.0 Å². The van der Waals surface area contributed by atoms with Gasteiger partial charge in [-0.15, -0.1) is 11.3 Å². The summed E-state index contributed by atoms with van der Waals surface area (Å²) in [7, 11) is 1.60. The molecule has 28 heavy (non-hydrogen) atoms. The quantitative estimate of drug-likeness (QED) is 0.504. The summed E-state index contributed by atoms with van der Waals surface area (Å²) in [6, 6.07) is 20.3. The Bertz CT molecular complexity index is 1130. The fraction of sp³-hybridized carbons (Fsp3) is 0.174. The van der Waals surface area contributed by atoms with Gasteiger partial charge in [-0.3, -0.25) is 0 Å². The number of aryl methyl sites for hydroxylation is 1. The van der Waals surface area contributed by atoms with Crippen molar-refractivity contribution in [3.05, 3.63) is 98.0 Å². The number of thiophene rings is 1. The van der Waals surface area contributed by atoms with E-state index in [1.807, 2.05) is 12.1 Å². The molecule has 0 saturated heterocycles. The standard InChI is InChI=1S/C23H21NO3S/c1-15-5-7-16(8-6-15)23(21-4-3-11-28-21)24-14-17-12-22(25)27-20-13-18(26-2)9-10-19(17)20/h3-13,23-24H,14H2,1-2H3/p+1/t23-/m1/s1. The minimum absolute atomic E-state index is 0.182. The highest BCUT2D eigenvalue weighted by molar-refractivity contribution is 7.10. The van der Waals surface area contributed by atoms with Crippen LogP contribution in [0.4, 0.5) is 0 Å². The fourth-order valence-electron chi connectivity index (χ4n) is 3.41. The number of ether oxygens (including phenoxy) is 1. The van der Waals surface area contributed by atoms with Crippen molar-refractivity contribution in [3.63, 3.8) is 0 Å². The zero-order valence-corrected chi connectivity index (χ0v) is 16.7. The molecule has 0 spiro atoms. The van der Waals surface area contributed by atoms with Gasteiger partial charge in [0.25, 0.3) is 0 Å². The molecule has 2 N–H and O–H groups in total. The Morgan fingerprint density at radius 3 is 2.64 bits per heavy atom. The molecule has 5 heteroatoms. The summed E-state index contributed by atoms with van der Waals surface area (Å²) in [6.45, 7) is 2.77. The highest BCUT2D eigenvalue weighted by Gasteiger charge is 2.19. The van der Waals surface area contributed by atoms with E-state index in [0.29, 0.717) is 17.9 Å². The molecule has 0 fully saturated rings. The SMILES string of the molecule is COc1ccc2c(C[NH2+][C@H](c3ccc(C)cc3)c3cccs3)cc(=O)oc2c1. The van der Waals surface area contributed by atoms with Gasteiger partial charge < -0.3 is 14.5 Å². The summed E-state index contributed by atoms with van der Waals surface area (Å²) in [4.78, 5) is 13.4. The molecule has 0 radical (unpaired) electrons. The molecular formula is C23H22NO3S+. The molecule has 0 aliphatic rings. The van der Waals surface area contributed by atoms with Crippen molar-refractivity contribution in [2.24, 2.45) is 0 Å². The number of nitrogens with two attached hydrogens (primary N) is 1. The maximum atomic E-state index is 12.1. The third-order valence-electron chi connectivity index (χ3n) is 4.90. The van der Waals surface area contributed by atoms with Gasteiger partial charge in [-0.25, -0.2) is 4.79 Å². The average molecular weight is 393 g/mol. The van der Waals surface area contributed by atoms with Crippen LogP contribution in [0.1, 0.15) is 27.6 Å². The molecule has 0 bridgehead atoms. The third kappa shape index (κ3) is 3.86. The van der Waals surface area contributed by atoms with Gasteiger partial charge >= 0.3 is 5.63 Å². The number of hydrogen-bond acceptors (Lipinski definition) is 4. The Kier molecular flexibility index (Phi) is 5.28. The molecular weight excluding hydrogens is 370 g/mol. The van der Waals surface area contributed by atoms with Crippen LogP contribution in [0, 0.1) is 6.92 Å². The van der Waals surface area contributed by atoms with Gasteiger partial charge in [-0.2, -0.15) is 0 Å². The third-order valence-corrected chi connectivity index (χ3v) is 5.85. The first-order chi connectivity index (χ1) is 13.6. The van der Waals surface area contributed by atoms with E-state index in [2.05, 4.69) is 54.0 Å². The van der Waals surface area contributed by atoms with Crippen molar-refractivity contribution in [1.29, 1.82) is 0 Å². The summed E-state index contributed by atoms with van der Waals surface area (Å²) >= 11 is 1.75. The lowest BCUT2D eigenvalue weighted by Crippen LogP contribution is -2.83. The monoisotopic (exact) mass is 392 g/mol. The van der Waals surface area contributed by atoms with Crippen molar-refractivity contribution in [2.45, 2.75) is 19.5 Å².